The molecule has 0 aromatic heterocycles. The van der Waals surface area contributed by atoms with Crippen LogP contribution >= 0.6 is 8.60 Å². The van der Waals surface area contributed by atoms with Crippen molar-refractivity contribution in [2.24, 2.45) is 0 Å². The maximum Gasteiger partial charge on any atom is 0.529 e. The molecule has 196 valence electrons. The van der Waals surface area contributed by atoms with E-state index in [1.807, 2.05) is 72.8 Å². The molecule has 5 aromatic rings. The quantitative estimate of drug-likeness (QED) is 0.174. The van der Waals surface area contributed by atoms with Gasteiger partial charge in [0.2, 0.25) is 0 Å². The molecule has 0 atom stereocenters. The molecule has 0 aliphatic heterocycles. The molecular formula is C36H29O3P. The van der Waals surface area contributed by atoms with Crippen LogP contribution in [0.4, 0.5) is 0 Å². The molecule has 1 aliphatic rings. The molecule has 1 aliphatic carbocycles. The van der Waals surface area contributed by atoms with Crippen LogP contribution in [0.5, 0.6) is 11.5 Å². The minimum absolute atomic E-state index is 0.698. The van der Waals surface area contributed by atoms with Gasteiger partial charge in [0.05, 0.1) is 0 Å². The molecule has 0 unspecified atom stereocenters. The molecule has 0 spiro atoms. The van der Waals surface area contributed by atoms with E-state index in [2.05, 4.69) is 78.9 Å². The van der Waals surface area contributed by atoms with Gasteiger partial charge in [0.1, 0.15) is 17.3 Å². The molecule has 0 radical (unpaired) electrons. The molecule has 5 aromatic carbocycles. The van der Waals surface area contributed by atoms with Gasteiger partial charge in [0.15, 0.2) is 0 Å². The van der Waals surface area contributed by atoms with Gasteiger partial charge in [-0.05, 0) is 70.2 Å². The van der Waals surface area contributed by atoms with Gasteiger partial charge >= 0.3 is 8.60 Å². The molecule has 3 nitrogen and oxygen atoms in total. The SMILES string of the molecule is C1=C(OP(Oc2ccc(-c3ccccc3)cc2)Oc2ccc(-c3ccccc3)cc2)CCC(c2ccccc2)=C1. The largest absolute Gasteiger partial charge is 0.529 e. The third-order valence-corrected chi connectivity index (χ3v) is 7.83. The minimum atomic E-state index is -1.73. The second-order valence-corrected chi connectivity index (χ2v) is 10.5. The Morgan fingerprint density at radius 2 is 0.800 bits per heavy atom. The normalized spacial score (nSPS) is 12.8. The molecule has 0 fully saturated rings. The maximum atomic E-state index is 6.35. The smallest absolute Gasteiger partial charge is 0.413 e. The van der Waals surface area contributed by atoms with E-state index in [4.69, 9.17) is 13.6 Å². The fraction of sp³-hybridized carbons (Fsp3) is 0.0556. The third kappa shape index (κ3) is 6.51. The Balaban J connectivity index is 1.20. The average molecular weight is 541 g/mol. The van der Waals surface area contributed by atoms with E-state index >= 15 is 0 Å². The first-order valence-electron chi connectivity index (χ1n) is 13.4. The molecule has 6 rings (SSSR count). The van der Waals surface area contributed by atoms with Crippen LogP contribution in [0.25, 0.3) is 27.8 Å². The van der Waals surface area contributed by atoms with E-state index in [9.17, 15) is 0 Å². The Bertz CT molecular complexity index is 1490. The highest BCUT2D eigenvalue weighted by atomic mass is 31.2. The van der Waals surface area contributed by atoms with Gasteiger partial charge in [-0.3, -0.25) is 0 Å². The second-order valence-electron chi connectivity index (χ2n) is 9.47. The van der Waals surface area contributed by atoms with E-state index in [0.29, 0.717) is 11.5 Å². The van der Waals surface area contributed by atoms with E-state index in [1.54, 1.807) is 0 Å². The van der Waals surface area contributed by atoms with Gasteiger partial charge in [-0.15, -0.1) is 0 Å². The summed E-state index contributed by atoms with van der Waals surface area (Å²) in [6.07, 6.45) is 5.85. The number of rotatable bonds is 9. The molecular weight excluding hydrogens is 511 g/mol. The molecule has 4 heteroatoms. The lowest BCUT2D eigenvalue weighted by Crippen LogP contribution is -2.02. The molecule has 0 saturated carbocycles. The highest BCUT2D eigenvalue weighted by Crippen LogP contribution is 2.45. The van der Waals surface area contributed by atoms with Crippen molar-refractivity contribution in [3.05, 3.63) is 163 Å². The Kier molecular flexibility index (Phi) is 8.03. The summed E-state index contributed by atoms with van der Waals surface area (Å²) in [5.74, 6) is 2.25. The minimum Gasteiger partial charge on any atom is -0.413 e. The van der Waals surface area contributed by atoms with Crippen LogP contribution in [0.2, 0.25) is 0 Å². The van der Waals surface area contributed by atoms with Gasteiger partial charge in [0.25, 0.3) is 0 Å². The predicted octanol–water partition coefficient (Wildman–Crippen LogP) is 10.5. The fourth-order valence-electron chi connectivity index (χ4n) is 4.59. The molecule has 40 heavy (non-hydrogen) atoms. The van der Waals surface area contributed by atoms with Gasteiger partial charge < -0.3 is 13.6 Å². The van der Waals surface area contributed by atoms with Crippen LogP contribution < -0.4 is 9.05 Å². The van der Waals surface area contributed by atoms with Crippen molar-refractivity contribution in [3.63, 3.8) is 0 Å². The zero-order chi connectivity index (χ0) is 27.0. The van der Waals surface area contributed by atoms with Crippen LogP contribution in [0.15, 0.2) is 157 Å². The Morgan fingerprint density at radius 1 is 0.375 bits per heavy atom. The van der Waals surface area contributed by atoms with Crippen LogP contribution in [-0.2, 0) is 4.52 Å². The van der Waals surface area contributed by atoms with Crippen LogP contribution in [0.3, 0.4) is 0 Å². The summed E-state index contributed by atoms with van der Waals surface area (Å²) >= 11 is 0. The third-order valence-electron chi connectivity index (χ3n) is 6.73. The predicted molar refractivity (Wildman–Crippen MR) is 165 cm³/mol. The maximum absolute atomic E-state index is 6.35. The van der Waals surface area contributed by atoms with E-state index in [-0.39, 0.29) is 0 Å². The van der Waals surface area contributed by atoms with Crippen LogP contribution in [0.1, 0.15) is 18.4 Å². The summed E-state index contributed by atoms with van der Waals surface area (Å²) in [4.78, 5) is 0. The zero-order valence-electron chi connectivity index (χ0n) is 22.0. The first-order chi connectivity index (χ1) is 19.8. The van der Waals surface area contributed by atoms with Crippen molar-refractivity contribution >= 4 is 14.2 Å². The number of hydrogen-bond acceptors (Lipinski definition) is 3. The monoisotopic (exact) mass is 540 g/mol. The van der Waals surface area contributed by atoms with Gasteiger partial charge in [-0.25, -0.2) is 0 Å². The van der Waals surface area contributed by atoms with E-state index in [1.165, 1.54) is 11.1 Å². The standard InChI is InChI=1S/C36H29O3P/c1-4-10-28(11-5-1)31-16-22-34(23-17-31)37-40(38-35-24-18-32(19-25-35)29-12-6-2-7-13-29)39-36-26-20-33(21-27-36)30-14-8-3-9-15-30/h1-20,22-26H,21,27H2. The van der Waals surface area contributed by atoms with Crippen molar-refractivity contribution in [2.75, 3.05) is 0 Å². The summed E-state index contributed by atoms with van der Waals surface area (Å²) in [7, 11) is -1.73. The summed E-state index contributed by atoms with van der Waals surface area (Å²) in [6.45, 7) is 0. The summed E-state index contributed by atoms with van der Waals surface area (Å²) in [5.41, 5.74) is 7.12. The lowest BCUT2D eigenvalue weighted by Gasteiger charge is -2.21. The van der Waals surface area contributed by atoms with Crippen LogP contribution in [-0.4, -0.2) is 0 Å². The molecule has 0 heterocycles. The van der Waals surface area contributed by atoms with Crippen LogP contribution in [0, 0.1) is 0 Å². The zero-order valence-corrected chi connectivity index (χ0v) is 22.9. The summed E-state index contributed by atoms with van der Waals surface area (Å²) < 4.78 is 18.9. The van der Waals surface area contributed by atoms with Gasteiger partial charge in [-0.1, -0.05) is 121 Å². The summed E-state index contributed by atoms with van der Waals surface area (Å²) in [6, 6.07) is 47.1. The van der Waals surface area contributed by atoms with E-state index < -0.39 is 8.60 Å². The Labute approximate surface area is 237 Å². The number of benzene rings is 5. The van der Waals surface area contributed by atoms with Crippen molar-refractivity contribution in [1.29, 1.82) is 0 Å². The Morgan fingerprint density at radius 3 is 1.23 bits per heavy atom. The van der Waals surface area contributed by atoms with Crippen molar-refractivity contribution in [2.45, 2.75) is 12.8 Å². The average Bonchev–Trinajstić information content (AvgIpc) is 3.03. The molecule has 0 bridgehead atoms. The molecule has 0 amide bonds. The molecule has 0 saturated heterocycles. The topological polar surface area (TPSA) is 27.7 Å². The van der Waals surface area contributed by atoms with Crippen molar-refractivity contribution in [1.82, 2.24) is 0 Å². The fourth-order valence-corrected chi connectivity index (χ4v) is 5.63. The lowest BCUT2D eigenvalue weighted by molar-refractivity contribution is 0.321. The van der Waals surface area contributed by atoms with Crippen molar-refractivity contribution in [3.8, 4) is 33.8 Å². The number of allylic oxidation sites excluding steroid dienone is 4. The lowest BCUT2D eigenvalue weighted by atomic mass is 9.97. The van der Waals surface area contributed by atoms with Gasteiger partial charge in [-0.2, -0.15) is 0 Å². The first-order valence-corrected chi connectivity index (χ1v) is 14.5. The Hall–Kier alpha value is -4.59. The number of hydrogen-bond donors (Lipinski definition) is 0. The highest BCUT2D eigenvalue weighted by molar-refractivity contribution is 7.42. The van der Waals surface area contributed by atoms with Gasteiger partial charge in [0, 0.05) is 6.42 Å². The highest BCUT2D eigenvalue weighted by Gasteiger charge is 2.22. The second kappa shape index (κ2) is 12.5. The van der Waals surface area contributed by atoms with E-state index in [0.717, 1.165) is 40.9 Å². The summed E-state index contributed by atoms with van der Waals surface area (Å²) in [5, 5.41) is 0. The molecule has 0 N–H and O–H groups in total. The van der Waals surface area contributed by atoms with Crippen molar-refractivity contribution < 1.29 is 13.6 Å². The first kappa shape index (κ1) is 25.7.